The van der Waals surface area contributed by atoms with Gasteiger partial charge in [0.05, 0.1) is 6.04 Å². The molecule has 1 aromatic heterocycles. The summed E-state index contributed by atoms with van der Waals surface area (Å²) in [6.45, 7) is 4.42. The van der Waals surface area contributed by atoms with Crippen LogP contribution in [0.1, 0.15) is 31.9 Å². The van der Waals surface area contributed by atoms with Crippen molar-refractivity contribution >= 4 is 5.91 Å². The third kappa shape index (κ3) is 4.15. The summed E-state index contributed by atoms with van der Waals surface area (Å²) in [6, 6.07) is 10.0. The Kier molecular flexibility index (Phi) is 4.81. The number of tetrazole rings is 1. The zero-order chi connectivity index (χ0) is 14.4. The maximum Gasteiger partial charge on any atom is 0.242 e. The number of carbonyl (C=O) groups is 1. The lowest BCUT2D eigenvalue weighted by molar-refractivity contribution is -0.122. The molecule has 106 valence electrons. The van der Waals surface area contributed by atoms with E-state index in [-0.39, 0.29) is 18.5 Å². The van der Waals surface area contributed by atoms with E-state index in [2.05, 4.69) is 34.7 Å². The number of benzene rings is 1. The van der Waals surface area contributed by atoms with Crippen LogP contribution < -0.4 is 5.32 Å². The molecule has 20 heavy (non-hydrogen) atoms. The van der Waals surface area contributed by atoms with E-state index in [1.165, 1.54) is 11.0 Å². The Morgan fingerprint density at radius 2 is 2.05 bits per heavy atom. The number of nitrogens with one attached hydrogen (secondary N) is 1. The zero-order valence-electron chi connectivity index (χ0n) is 11.7. The summed E-state index contributed by atoms with van der Waals surface area (Å²) in [5.74, 6) is 0.403. The van der Waals surface area contributed by atoms with Crippen LogP contribution in [0.3, 0.4) is 0 Å². The summed E-state index contributed by atoms with van der Waals surface area (Å²) in [4.78, 5) is 12.0. The van der Waals surface area contributed by atoms with E-state index in [1.54, 1.807) is 0 Å². The van der Waals surface area contributed by atoms with Crippen LogP contribution in [0.15, 0.2) is 36.7 Å². The standard InChI is InChI=1S/C14H19N5O/c1-11(2)8-13(12-6-4-3-5-7-12)16-14(20)9-19-10-15-17-18-19/h3-7,10-11,13H,8-9H2,1-2H3,(H,16,20). The highest BCUT2D eigenvalue weighted by Gasteiger charge is 2.16. The minimum Gasteiger partial charge on any atom is -0.348 e. The Morgan fingerprint density at radius 3 is 2.65 bits per heavy atom. The summed E-state index contributed by atoms with van der Waals surface area (Å²) >= 11 is 0. The average molecular weight is 273 g/mol. The van der Waals surface area contributed by atoms with Gasteiger partial charge in [-0.3, -0.25) is 4.79 Å². The van der Waals surface area contributed by atoms with Gasteiger partial charge in [-0.05, 0) is 28.3 Å². The van der Waals surface area contributed by atoms with Crippen LogP contribution in [-0.4, -0.2) is 26.1 Å². The summed E-state index contributed by atoms with van der Waals surface area (Å²) in [6.07, 6.45) is 2.32. The quantitative estimate of drug-likeness (QED) is 0.867. The number of hydrogen-bond acceptors (Lipinski definition) is 4. The monoisotopic (exact) mass is 273 g/mol. The molecule has 0 radical (unpaired) electrons. The molecule has 1 N–H and O–H groups in total. The largest absolute Gasteiger partial charge is 0.348 e. The fraction of sp³-hybridized carbons (Fsp3) is 0.429. The molecule has 6 nitrogen and oxygen atoms in total. The minimum absolute atomic E-state index is 0.0141. The highest BCUT2D eigenvalue weighted by atomic mass is 16.2. The Hall–Kier alpha value is -2.24. The molecule has 0 aliphatic carbocycles. The Bertz CT molecular complexity index is 524. The van der Waals surface area contributed by atoms with Gasteiger partial charge in [0.2, 0.25) is 5.91 Å². The molecule has 1 atom stereocenters. The lowest BCUT2D eigenvalue weighted by Gasteiger charge is -2.21. The number of hydrogen-bond donors (Lipinski definition) is 1. The topological polar surface area (TPSA) is 72.7 Å². The van der Waals surface area contributed by atoms with Gasteiger partial charge in [-0.15, -0.1) is 5.10 Å². The number of amides is 1. The van der Waals surface area contributed by atoms with Gasteiger partial charge in [-0.1, -0.05) is 44.2 Å². The van der Waals surface area contributed by atoms with E-state index in [0.29, 0.717) is 5.92 Å². The second kappa shape index (κ2) is 6.79. The minimum atomic E-state index is -0.0909. The highest BCUT2D eigenvalue weighted by Crippen LogP contribution is 2.20. The molecule has 0 aliphatic heterocycles. The van der Waals surface area contributed by atoms with E-state index in [0.717, 1.165) is 12.0 Å². The Labute approximate surface area is 118 Å². The molecule has 2 rings (SSSR count). The summed E-state index contributed by atoms with van der Waals surface area (Å²) in [7, 11) is 0. The molecule has 0 saturated carbocycles. The van der Waals surface area contributed by atoms with Crippen LogP contribution in [0.25, 0.3) is 0 Å². The molecule has 0 aliphatic rings. The molecule has 1 aromatic carbocycles. The second-order valence-electron chi connectivity index (χ2n) is 5.17. The third-order valence-corrected chi connectivity index (χ3v) is 2.94. The zero-order valence-corrected chi connectivity index (χ0v) is 11.7. The molecule has 0 fully saturated rings. The van der Waals surface area contributed by atoms with Crippen LogP contribution in [-0.2, 0) is 11.3 Å². The van der Waals surface area contributed by atoms with E-state index in [4.69, 9.17) is 0 Å². The first-order valence-corrected chi connectivity index (χ1v) is 6.70. The van der Waals surface area contributed by atoms with E-state index < -0.39 is 0 Å². The van der Waals surface area contributed by atoms with Gasteiger partial charge in [0, 0.05) is 0 Å². The second-order valence-corrected chi connectivity index (χ2v) is 5.17. The van der Waals surface area contributed by atoms with Gasteiger partial charge in [0.25, 0.3) is 0 Å². The normalized spacial score (nSPS) is 12.3. The average Bonchev–Trinajstić information content (AvgIpc) is 2.91. The van der Waals surface area contributed by atoms with Crippen molar-refractivity contribution in [1.82, 2.24) is 25.5 Å². The molecular weight excluding hydrogens is 254 g/mol. The Balaban J connectivity index is 2.02. The van der Waals surface area contributed by atoms with Crippen LogP contribution in [0, 0.1) is 5.92 Å². The molecule has 1 heterocycles. The molecule has 6 heteroatoms. The van der Waals surface area contributed by atoms with Gasteiger partial charge < -0.3 is 5.32 Å². The van der Waals surface area contributed by atoms with Crippen molar-refractivity contribution in [2.75, 3.05) is 0 Å². The maximum absolute atomic E-state index is 12.0. The number of aromatic nitrogens is 4. The molecule has 0 spiro atoms. The first-order valence-electron chi connectivity index (χ1n) is 6.70. The molecule has 1 unspecified atom stereocenters. The summed E-state index contributed by atoms with van der Waals surface area (Å²) in [5, 5.41) is 13.8. The summed E-state index contributed by atoms with van der Waals surface area (Å²) in [5.41, 5.74) is 1.12. The smallest absolute Gasteiger partial charge is 0.242 e. The number of carbonyl (C=O) groups excluding carboxylic acids is 1. The lowest BCUT2D eigenvalue weighted by atomic mass is 9.97. The van der Waals surface area contributed by atoms with Crippen LogP contribution in [0.4, 0.5) is 0 Å². The fourth-order valence-corrected chi connectivity index (χ4v) is 2.07. The first-order chi connectivity index (χ1) is 9.65. The van der Waals surface area contributed by atoms with Crippen molar-refractivity contribution in [3.63, 3.8) is 0 Å². The van der Waals surface area contributed by atoms with E-state index in [9.17, 15) is 4.79 Å². The van der Waals surface area contributed by atoms with Gasteiger partial charge in [-0.25, -0.2) is 4.68 Å². The summed E-state index contributed by atoms with van der Waals surface area (Å²) < 4.78 is 1.41. The first kappa shape index (κ1) is 14.2. The molecule has 0 bridgehead atoms. The third-order valence-electron chi connectivity index (χ3n) is 2.94. The van der Waals surface area contributed by atoms with Gasteiger partial charge in [0.15, 0.2) is 0 Å². The van der Waals surface area contributed by atoms with Gasteiger partial charge >= 0.3 is 0 Å². The lowest BCUT2D eigenvalue weighted by Crippen LogP contribution is -2.32. The van der Waals surface area contributed by atoms with E-state index >= 15 is 0 Å². The van der Waals surface area contributed by atoms with Crippen molar-refractivity contribution in [2.24, 2.45) is 5.92 Å². The highest BCUT2D eigenvalue weighted by molar-refractivity contribution is 5.76. The molecule has 1 amide bonds. The van der Waals surface area contributed by atoms with Crippen LogP contribution >= 0.6 is 0 Å². The predicted octanol–water partition coefficient (Wildman–Crippen LogP) is 1.58. The van der Waals surface area contributed by atoms with Crippen molar-refractivity contribution in [2.45, 2.75) is 32.9 Å². The van der Waals surface area contributed by atoms with Crippen molar-refractivity contribution in [1.29, 1.82) is 0 Å². The molecule has 2 aromatic rings. The van der Waals surface area contributed by atoms with Gasteiger partial charge in [-0.2, -0.15) is 0 Å². The van der Waals surface area contributed by atoms with Crippen molar-refractivity contribution in [3.05, 3.63) is 42.2 Å². The predicted molar refractivity (Wildman–Crippen MR) is 74.6 cm³/mol. The molecule has 0 saturated heterocycles. The van der Waals surface area contributed by atoms with Crippen LogP contribution in [0.2, 0.25) is 0 Å². The Morgan fingerprint density at radius 1 is 1.30 bits per heavy atom. The van der Waals surface area contributed by atoms with E-state index in [1.807, 2.05) is 30.3 Å². The van der Waals surface area contributed by atoms with Crippen LogP contribution in [0.5, 0.6) is 0 Å². The van der Waals surface area contributed by atoms with Crippen molar-refractivity contribution < 1.29 is 4.79 Å². The number of rotatable bonds is 6. The van der Waals surface area contributed by atoms with Crippen molar-refractivity contribution in [3.8, 4) is 0 Å². The maximum atomic E-state index is 12.0. The fourth-order valence-electron chi connectivity index (χ4n) is 2.07. The number of nitrogens with zero attached hydrogens (tertiary/aromatic N) is 4. The molecular formula is C14H19N5O. The van der Waals surface area contributed by atoms with Gasteiger partial charge in [0.1, 0.15) is 12.9 Å². The SMILES string of the molecule is CC(C)CC(NC(=O)Cn1cnnn1)c1ccccc1.